The predicted octanol–water partition coefficient (Wildman–Crippen LogP) is 6.86. The fraction of sp³-hybridized carbons (Fsp3) is 1.00. The number of nitrogens with zero attached hydrogens (tertiary/aromatic N) is 1. The van der Waals surface area contributed by atoms with Gasteiger partial charge in [0.05, 0.1) is 26.2 Å². The first-order valence-electron chi connectivity index (χ1n) is 8.09. The molecule has 0 saturated heterocycles. The summed E-state index contributed by atoms with van der Waals surface area (Å²) in [4.78, 5) is 0. The van der Waals surface area contributed by atoms with Crippen LogP contribution >= 0.6 is 71.9 Å². The van der Waals surface area contributed by atoms with Crippen LogP contribution in [0.15, 0.2) is 0 Å². The van der Waals surface area contributed by atoms with Crippen LogP contribution in [0.2, 0.25) is 0 Å². The second-order valence-electron chi connectivity index (χ2n) is 5.65. The highest BCUT2D eigenvalue weighted by Gasteiger charge is 2.24. The van der Waals surface area contributed by atoms with Crippen molar-refractivity contribution >= 4 is 71.9 Å². The topological polar surface area (TPSA) is 0 Å². The van der Waals surface area contributed by atoms with E-state index in [1.807, 2.05) is 0 Å². The molecule has 0 bridgehead atoms. The maximum Gasteiger partial charge on any atom is 0.0786 e. The number of halogens is 3. The SMILES string of the molecule is CCCC[N+](CCCC)(CCCC)CCCC.I.I.I. The molecule has 0 aliphatic carbocycles. The van der Waals surface area contributed by atoms with E-state index in [2.05, 4.69) is 27.7 Å². The Morgan fingerprint density at radius 2 is 0.650 bits per heavy atom. The average molecular weight is 626 g/mol. The highest BCUT2D eigenvalue weighted by Crippen LogP contribution is 2.16. The van der Waals surface area contributed by atoms with Crippen molar-refractivity contribution in [3.05, 3.63) is 0 Å². The molecular formula is C16H39I3N+. The Bertz CT molecular complexity index is 128. The molecular weight excluding hydrogens is 587 g/mol. The third-order valence-electron chi connectivity index (χ3n) is 3.94. The van der Waals surface area contributed by atoms with Gasteiger partial charge in [0.25, 0.3) is 0 Å². The lowest BCUT2D eigenvalue weighted by Crippen LogP contribution is -2.50. The third-order valence-corrected chi connectivity index (χ3v) is 3.94. The van der Waals surface area contributed by atoms with Crippen LogP contribution in [0, 0.1) is 0 Å². The Kier molecular flexibility index (Phi) is 31.8. The molecule has 0 radical (unpaired) electrons. The molecule has 0 N–H and O–H groups in total. The number of unbranched alkanes of at least 4 members (excludes halogenated alkanes) is 4. The lowest BCUT2D eigenvalue weighted by Gasteiger charge is -2.39. The number of hydrogen-bond acceptors (Lipinski definition) is 0. The lowest BCUT2D eigenvalue weighted by atomic mass is 10.1. The van der Waals surface area contributed by atoms with Crippen molar-refractivity contribution in [2.75, 3.05) is 26.2 Å². The summed E-state index contributed by atoms with van der Waals surface area (Å²) in [5, 5.41) is 0. The van der Waals surface area contributed by atoms with Crippen molar-refractivity contribution in [2.45, 2.75) is 79.1 Å². The molecule has 0 aromatic heterocycles. The summed E-state index contributed by atoms with van der Waals surface area (Å²) < 4.78 is 1.42. The molecule has 128 valence electrons. The van der Waals surface area contributed by atoms with Crippen LogP contribution in [0.1, 0.15) is 79.1 Å². The minimum Gasteiger partial charge on any atom is -0.324 e. The van der Waals surface area contributed by atoms with Crippen molar-refractivity contribution in [1.82, 2.24) is 0 Å². The Labute approximate surface area is 180 Å². The maximum atomic E-state index is 2.33. The van der Waals surface area contributed by atoms with Gasteiger partial charge in [0, 0.05) is 0 Å². The monoisotopic (exact) mass is 626 g/mol. The highest BCUT2D eigenvalue weighted by molar-refractivity contribution is 14.0. The van der Waals surface area contributed by atoms with Gasteiger partial charge in [0.15, 0.2) is 0 Å². The van der Waals surface area contributed by atoms with Gasteiger partial charge < -0.3 is 4.48 Å². The first-order valence-corrected chi connectivity index (χ1v) is 8.09. The molecule has 0 aromatic carbocycles. The van der Waals surface area contributed by atoms with Gasteiger partial charge in [0.2, 0.25) is 0 Å². The quantitative estimate of drug-likeness (QED) is 0.164. The Morgan fingerprint density at radius 1 is 0.450 bits per heavy atom. The van der Waals surface area contributed by atoms with Crippen molar-refractivity contribution in [1.29, 1.82) is 0 Å². The van der Waals surface area contributed by atoms with Gasteiger partial charge in [-0.15, -0.1) is 71.9 Å². The number of hydrogen-bond donors (Lipinski definition) is 0. The van der Waals surface area contributed by atoms with Crippen LogP contribution in [-0.2, 0) is 0 Å². The molecule has 0 heterocycles. The molecule has 1 nitrogen and oxygen atoms in total. The van der Waals surface area contributed by atoms with Gasteiger partial charge in [-0.25, -0.2) is 0 Å². The largest absolute Gasteiger partial charge is 0.324 e. The van der Waals surface area contributed by atoms with E-state index in [1.54, 1.807) is 0 Å². The molecule has 0 aliphatic heterocycles. The summed E-state index contributed by atoms with van der Waals surface area (Å²) in [6.07, 6.45) is 11.1. The minimum absolute atomic E-state index is 0. The number of quaternary nitrogens is 1. The maximum absolute atomic E-state index is 2.33. The van der Waals surface area contributed by atoms with E-state index in [0.717, 1.165) is 0 Å². The molecule has 0 atom stereocenters. The standard InChI is InChI=1S/C16H36N.3HI/c1-5-9-13-17(14-10-6-2,15-11-7-3)16-12-8-4;;;/h5-16H2,1-4H3;3*1H/q+1;;;. The highest BCUT2D eigenvalue weighted by atomic mass is 127. The summed E-state index contributed by atoms with van der Waals surface area (Å²) in [6, 6.07) is 0. The van der Waals surface area contributed by atoms with Gasteiger partial charge in [-0.2, -0.15) is 0 Å². The summed E-state index contributed by atoms with van der Waals surface area (Å²) in [6.45, 7) is 15.0. The lowest BCUT2D eigenvalue weighted by molar-refractivity contribution is -0.929. The summed E-state index contributed by atoms with van der Waals surface area (Å²) in [5.74, 6) is 0. The minimum atomic E-state index is 0. The second kappa shape index (κ2) is 21.1. The molecule has 0 spiro atoms. The Morgan fingerprint density at radius 3 is 0.800 bits per heavy atom. The normalized spacial score (nSPS) is 10.2. The molecule has 0 aliphatic rings. The van der Waals surface area contributed by atoms with Gasteiger partial charge in [-0.3, -0.25) is 0 Å². The zero-order valence-electron chi connectivity index (χ0n) is 14.2. The molecule has 0 unspecified atom stereocenters. The summed E-state index contributed by atoms with van der Waals surface area (Å²) >= 11 is 0. The van der Waals surface area contributed by atoms with E-state index < -0.39 is 0 Å². The van der Waals surface area contributed by atoms with E-state index >= 15 is 0 Å². The van der Waals surface area contributed by atoms with E-state index in [1.165, 1.54) is 82.0 Å². The molecule has 0 rings (SSSR count). The predicted molar refractivity (Wildman–Crippen MR) is 126 cm³/mol. The van der Waals surface area contributed by atoms with Crippen LogP contribution in [0.4, 0.5) is 0 Å². The first-order chi connectivity index (χ1) is 8.24. The molecule has 20 heavy (non-hydrogen) atoms. The number of rotatable bonds is 12. The summed E-state index contributed by atoms with van der Waals surface area (Å²) in [5.41, 5.74) is 0. The molecule has 4 heteroatoms. The van der Waals surface area contributed by atoms with Crippen molar-refractivity contribution in [2.24, 2.45) is 0 Å². The van der Waals surface area contributed by atoms with Crippen LogP contribution in [0.5, 0.6) is 0 Å². The van der Waals surface area contributed by atoms with Crippen LogP contribution in [-0.4, -0.2) is 30.7 Å². The molecule has 0 saturated carbocycles. The molecule has 0 aromatic rings. The zero-order chi connectivity index (χ0) is 13.0. The van der Waals surface area contributed by atoms with Gasteiger partial charge in [0.1, 0.15) is 0 Å². The Balaban J connectivity index is -0.000000427. The van der Waals surface area contributed by atoms with E-state index in [-0.39, 0.29) is 71.9 Å². The van der Waals surface area contributed by atoms with Crippen LogP contribution < -0.4 is 0 Å². The first kappa shape index (κ1) is 30.1. The van der Waals surface area contributed by atoms with Crippen LogP contribution in [0.3, 0.4) is 0 Å². The van der Waals surface area contributed by atoms with E-state index in [4.69, 9.17) is 0 Å². The van der Waals surface area contributed by atoms with E-state index in [9.17, 15) is 0 Å². The Hall–Kier alpha value is 2.15. The molecule has 0 amide bonds. The average Bonchev–Trinajstić information content (AvgIpc) is 2.37. The van der Waals surface area contributed by atoms with Crippen molar-refractivity contribution < 1.29 is 4.48 Å². The van der Waals surface area contributed by atoms with Gasteiger partial charge in [-0.1, -0.05) is 53.4 Å². The van der Waals surface area contributed by atoms with Crippen LogP contribution in [0.25, 0.3) is 0 Å². The van der Waals surface area contributed by atoms with Crippen molar-refractivity contribution in [3.63, 3.8) is 0 Å². The fourth-order valence-electron chi connectivity index (χ4n) is 2.64. The van der Waals surface area contributed by atoms with Gasteiger partial charge >= 0.3 is 0 Å². The zero-order valence-corrected chi connectivity index (χ0v) is 21.1. The molecule has 0 fully saturated rings. The van der Waals surface area contributed by atoms with E-state index in [0.29, 0.717) is 0 Å². The van der Waals surface area contributed by atoms with Gasteiger partial charge in [-0.05, 0) is 25.7 Å². The van der Waals surface area contributed by atoms with Crippen molar-refractivity contribution in [3.8, 4) is 0 Å². The summed E-state index contributed by atoms with van der Waals surface area (Å²) in [7, 11) is 0. The fourth-order valence-corrected chi connectivity index (χ4v) is 2.64. The third kappa shape index (κ3) is 15.1. The smallest absolute Gasteiger partial charge is 0.0786 e. The second-order valence-corrected chi connectivity index (χ2v) is 5.65.